The Labute approximate surface area is 136 Å². The second kappa shape index (κ2) is 7.34. The molecule has 2 aromatic carbocycles. The lowest BCUT2D eigenvalue weighted by Gasteiger charge is -2.10. The first kappa shape index (κ1) is 17.1. The van der Waals surface area contributed by atoms with Crippen LogP contribution in [0.25, 0.3) is 0 Å². The highest BCUT2D eigenvalue weighted by Gasteiger charge is 2.22. The summed E-state index contributed by atoms with van der Waals surface area (Å²) in [5.74, 6) is -2.26. The van der Waals surface area contributed by atoms with Crippen LogP contribution in [0.15, 0.2) is 48.5 Å². The van der Waals surface area contributed by atoms with Gasteiger partial charge < -0.3 is 15.6 Å². The zero-order chi connectivity index (χ0) is 17.7. The molecule has 1 atom stereocenters. The van der Waals surface area contributed by atoms with E-state index in [9.17, 15) is 24.8 Å². The second-order valence-electron chi connectivity index (χ2n) is 4.97. The minimum Gasteiger partial charge on any atom is -0.502 e. The fourth-order valence-corrected chi connectivity index (χ4v) is 1.98. The van der Waals surface area contributed by atoms with E-state index >= 15 is 0 Å². The molecule has 0 bridgehead atoms. The van der Waals surface area contributed by atoms with E-state index < -0.39 is 34.3 Å². The van der Waals surface area contributed by atoms with Crippen LogP contribution in [0.5, 0.6) is 5.75 Å². The Hall–Kier alpha value is -3.26. The van der Waals surface area contributed by atoms with Crippen molar-refractivity contribution in [3.63, 3.8) is 0 Å². The van der Waals surface area contributed by atoms with Gasteiger partial charge in [-0.15, -0.1) is 0 Å². The number of carbonyl (C=O) groups excluding carboxylic acids is 2. The number of nitro benzene ring substituents is 1. The van der Waals surface area contributed by atoms with Crippen LogP contribution in [0.2, 0.25) is 0 Å². The van der Waals surface area contributed by atoms with Gasteiger partial charge in [0.15, 0.2) is 5.75 Å². The first-order valence-corrected chi connectivity index (χ1v) is 6.91. The van der Waals surface area contributed by atoms with Crippen molar-refractivity contribution >= 4 is 17.6 Å². The number of nitrogens with two attached hydrogens (primary N) is 1. The Bertz CT molecular complexity index is 775. The van der Waals surface area contributed by atoms with Crippen LogP contribution in [0.3, 0.4) is 0 Å². The Morgan fingerprint density at radius 1 is 1.21 bits per heavy atom. The highest BCUT2D eigenvalue weighted by Crippen LogP contribution is 2.26. The fourth-order valence-electron chi connectivity index (χ4n) is 1.98. The van der Waals surface area contributed by atoms with Gasteiger partial charge in [-0.05, 0) is 30.2 Å². The number of nitrogens with zero attached hydrogens (tertiary/aromatic N) is 1. The molecule has 24 heavy (non-hydrogen) atoms. The maximum Gasteiger partial charge on any atom is 0.345 e. The van der Waals surface area contributed by atoms with Crippen LogP contribution in [-0.4, -0.2) is 28.0 Å². The summed E-state index contributed by atoms with van der Waals surface area (Å²) in [5, 5.41) is 20.2. The molecular weight excluding hydrogens is 316 g/mol. The average molecular weight is 330 g/mol. The Kier molecular flexibility index (Phi) is 5.23. The molecule has 3 N–H and O–H groups in total. The third kappa shape index (κ3) is 4.14. The molecule has 8 nitrogen and oxygen atoms in total. The molecule has 0 heterocycles. The van der Waals surface area contributed by atoms with Crippen LogP contribution >= 0.6 is 0 Å². The molecular formula is C16H14N2O6. The third-order valence-electron chi connectivity index (χ3n) is 3.20. The van der Waals surface area contributed by atoms with E-state index in [0.29, 0.717) is 5.56 Å². The highest BCUT2D eigenvalue weighted by atomic mass is 16.6. The molecule has 8 heteroatoms. The van der Waals surface area contributed by atoms with E-state index in [1.54, 1.807) is 18.2 Å². The normalized spacial score (nSPS) is 11.5. The van der Waals surface area contributed by atoms with Crippen molar-refractivity contribution in [1.82, 2.24) is 0 Å². The molecule has 0 unspecified atom stereocenters. The number of hydrogen-bond acceptors (Lipinski definition) is 7. The maximum absolute atomic E-state index is 11.9. The molecule has 0 spiro atoms. The summed E-state index contributed by atoms with van der Waals surface area (Å²) in [6, 6.07) is 10.4. The van der Waals surface area contributed by atoms with Crippen molar-refractivity contribution in [3.8, 4) is 5.75 Å². The molecule has 0 saturated carbocycles. The fraction of sp³-hybridized carbons (Fsp3) is 0.125. The van der Waals surface area contributed by atoms with Crippen molar-refractivity contribution in [1.29, 1.82) is 0 Å². The zero-order valence-corrected chi connectivity index (χ0v) is 12.4. The number of phenols is 1. The Morgan fingerprint density at radius 3 is 2.50 bits per heavy atom. The first-order valence-electron chi connectivity index (χ1n) is 6.91. The molecule has 2 rings (SSSR count). The van der Waals surface area contributed by atoms with Gasteiger partial charge >= 0.3 is 17.6 Å². The summed E-state index contributed by atoms with van der Waals surface area (Å²) in [4.78, 5) is 33.7. The summed E-state index contributed by atoms with van der Waals surface area (Å²) in [6.07, 6.45) is -0.0813. The van der Waals surface area contributed by atoms with Gasteiger partial charge in [-0.2, -0.15) is 0 Å². The molecule has 0 amide bonds. The van der Waals surface area contributed by atoms with Crippen LogP contribution in [-0.2, 0) is 16.0 Å². The van der Waals surface area contributed by atoms with E-state index in [1.165, 1.54) is 18.2 Å². The van der Waals surface area contributed by atoms with Crippen molar-refractivity contribution < 1.29 is 24.4 Å². The van der Waals surface area contributed by atoms with Gasteiger partial charge in [0.2, 0.25) is 0 Å². The van der Waals surface area contributed by atoms with E-state index in [4.69, 9.17) is 5.73 Å². The van der Waals surface area contributed by atoms with E-state index in [2.05, 4.69) is 4.74 Å². The van der Waals surface area contributed by atoms with E-state index in [0.717, 1.165) is 12.1 Å². The summed E-state index contributed by atoms with van der Waals surface area (Å²) >= 11 is 0. The molecule has 0 fully saturated rings. The van der Waals surface area contributed by atoms with E-state index in [-0.39, 0.29) is 12.0 Å². The molecule has 0 aliphatic rings. The van der Waals surface area contributed by atoms with Crippen molar-refractivity contribution in [2.45, 2.75) is 12.5 Å². The predicted octanol–water partition coefficient (Wildman–Crippen LogP) is 1.55. The van der Waals surface area contributed by atoms with Crippen molar-refractivity contribution in [2.75, 3.05) is 0 Å². The van der Waals surface area contributed by atoms with Gasteiger partial charge in [0.1, 0.15) is 6.04 Å². The molecule has 2 aromatic rings. The van der Waals surface area contributed by atoms with Gasteiger partial charge in [0.25, 0.3) is 0 Å². The zero-order valence-electron chi connectivity index (χ0n) is 12.4. The first-order chi connectivity index (χ1) is 11.4. The quantitative estimate of drug-likeness (QED) is 0.368. The molecule has 0 saturated heterocycles. The SMILES string of the molecule is N[C@@H](Cc1ccc(O)c([N+](=O)[O-])c1)C(=O)OC(=O)c1ccccc1. The minimum atomic E-state index is -1.18. The summed E-state index contributed by atoms with van der Waals surface area (Å²) in [6.45, 7) is 0. The molecule has 124 valence electrons. The average Bonchev–Trinajstić information content (AvgIpc) is 2.57. The number of esters is 2. The van der Waals surface area contributed by atoms with E-state index in [1.807, 2.05) is 0 Å². The maximum atomic E-state index is 11.9. The second-order valence-corrected chi connectivity index (χ2v) is 4.97. The lowest BCUT2D eigenvalue weighted by Crippen LogP contribution is -2.35. The van der Waals surface area contributed by atoms with Crippen LogP contribution in [0.4, 0.5) is 5.69 Å². The van der Waals surface area contributed by atoms with Gasteiger partial charge in [0.05, 0.1) is 10.5 Å². The smallest absolute Gasteiger partial charge is 0.345 e. The van der Waals surface area contributed by atoms with Crippen molar-refractivity contribution in [3.05, 3.63) is 69.8 Å². The number of hydrogen-bond donors (Lipinski definition) is 2. The van der Waals surface area contributed by atoms with Crippen LogP contribution in [0, 0.1) is 10.1 Å². The number of nitro groups is 1. The topological polar surface area (TPSA) is 133 Å². The largest absolute Gasteiger partial charge is 0.502 e. The predicted molar refractivity (Wildman–Crippen MR) is 83.3 cm³/mol. The standard InChI is InChI=1S/C16H14N2O6/c17-12(8-10-6-7-14(19)13(9-10)18(22)23)16(21)24-15(20)11-4-2-1-3-5-11/h1-7,9,12,19H,8,17H2/t12-/m0/s1. The lowest BCUT2D eigenvalue weighted by atomic mass is 10.1. The summed E-state index contributed by atoms with van der Waals surface area (Å²) < 4.78 is 4.69. The monoisotopic (exact) mass is 330 g/mol. The summed E-state index contributed by atoms with van der Waals surface area (Å²) in [5.41, 5.74) is 5.75. The summed E-state index contributed by atoms with van der Waals surface area (Å²) in [7, 11) is 0. The van der Waals surface area contributed by atoms with Crippen LogP contribution < -0.4 is 5.73 Å². The number of aromatic hydroxyl groups is 1. The van der Waals surface area contributed by atoms with Gasteiger partial charge in [-0.25, -0.2) is 9.59 Å². The molecule has 0 aliphatic heterocycles. The number of ether oxygens (including phenoxy) is 1. The molecule has 0 aliphatic carbocycles. The Balaban J connectivity index is 2.03. The van der Waals surface area contributed by atoms with Gasteiger partial charge in [-0.3, -0.25) is 10.1 Å². The molecule has 0 aromatic heterocycles. The van der Waals surface area contributed by atoms with Gasteiger partial charge in [-0.1, -0.05) is 24.3 Å². The van der Waals surface area contributed by atoms with Crippen molar-refractivity contribution in [2.24, 2.45) is 5.73 Å². The third-order valence-corrected chi connectivity index (χ3v) is 3.20. The Morgan fingerprint density at radius 2 is 1.88 bits per heavy atom. The number of rotatable bonds is 5. The van der Waals surface area contributed by atoms with Gasteiger partial charge in [0, 0.05) is 6.07 Å². The van der Waals surface area contributed by atoms with Crippen LogP contribution in [0.1, 0.15) is 15.9 Å². The number of benzene rings is 2. The highest BCUT2D eigenvalue weighted by molar-refractivity contribution is 5.98. The number of carbonyl (C=O) groups is 2. The molecule has 0 radical (unpaired) electrons. The minimum absolute atomic E-state index is 0.0813. The number of phenolic OH excluding ortho intramolecular Hbond substituents is 1. The lowest BCUT2D eigenvalue weighted by molar-refractivity contribution is -0.385.